The molecular weight excluding hydrogens is 380 g/mol. The van der Waals surface area contributed by atoms with E-state index in [-0.39, 0.29) is 24.4 Å². The fourth-order valence-corrected chi connectivity index (χ4v) is 3.15. The largest absolute Gasteiger partial charge is 0.422 e. The number of hydrogen-bond donors (Lipinski definition) is 2. The normalized spacial score (nSPS) is 16.4. The monoisotopic (exact) mass is 400 g/mol. The molecule has 1 amide bonds. The van der Waals surface area contributed by atoms with Crippen molar-refractivity contribution < 1.29 is 13.9 Å². The van der Waals surface area contributed by atoms with Crippen LogP contribution in [0.3, 0.4) is 0 Å². The molecule has 1 atom stereocenters. The van der Waals surface area contributed by atoms with Crippen LogP contribution >= 0.6 is 12.4 Å². The number of para-hydroxylation sites is 1. The van der Waals surface area contributed by atoms with E-state index in [1.54, 1.807) is 36.4 Å². The van der Waals surface area contributed by atoms with Crippen molar-refractivity contribution in [3.05, 3.63) is 70.6 Å². The Morgan fingerprint density at radius 3 is 2.82 bits per heavy atom. The van der Waals surface area contributed by atoms with E-state index in [4.69, 9.17) is 9.15 Å². The minimum absolute atomic E-state index is 0. The fraction of sp³-hybridized carbons (Fsp3) is 0.238. The van der Waals surface area contributed by atoms with Gasteiger partial charge in [-0.3, -0.25) is 4.79 Å². The Kier molecular flexibility index (Phi) is 6.46. The summed E-state index contributed by atoms with van der Waals surface area (Å²) in [5, 5.41) is 6.95. The summed E-state index contributed by atoms with van der Waals surface area (Å²) in [5.74, 6) is -0.198. The highest BCUT2D eigenvalue weighted by molar-refractivity contribution is 5.95. The Bertz CT molecular complexity index is 1030. The SMILES string of the molecule is Cl.O=C(NCC1CNCCO1)c1cccc(-c2cc3ccccc3oc2=O)c1. The van der Waals surface area contributed by atoms with Crippen LogP contribution in [0.25, 0.3) is 22.1 Å². The number of nitrogens with one attached hydrogen (secondary N) is 2. The summed E-state index contributed by atoms with van der Waals surface area (Å²) in [7, 11) is 0. The molecule has 1 fully saturated rings. The van der Waals surface area contributed by atoms with Crippen LogP contribution in [0.2, 0.25) is 0 Å². The van der Waals surface area contributed by atoms with Gasteiger partial charge in [0, 0.05) is 30.6 Å². The summed E-state index contributed by atoms with van der Waals surface area (Å²) >= 11 is 0. The first-order chi connectivity index (χ1) is 13.2. The van der Waals surface area contributed by atoms with Crippen molar-refractivity contribution in [2.45, 2.75) is 6.10 Å². The van der Waals surface area contributed by atoms with Crippen molar-refractivity contribution in [3.63, 3.8) is 0 Å². The lowest BCUT2D eigenvalue weighted by Crippen LogP contribution is -2.45. The molecule has 2 N–H and O–H groups in total. The van der Waals surface area contributed by atoms with Gasteiger partial charge in [-0.25, -0.2) is 4.79 Å². The van der Waals surface area contributed by atoms with Crippen LogP contribution in [0, 0.1) is 0 Å². The number of benzene rings is 2. The molecular formula is C21H21ClN2O4. The third-order valence-corrected chi connectivity index (χ3v) is 4.57. The molecule has 1 unspecified atom stereocenters. The van der Waals surface area contributed by atoms with Crippen LogP contribution in [-0.4, -0.2) is 38.3 Å². The van der Waals surface area contributed by atoms with Gasteiger partial charge in [-0.15, -0.1) is 12.4 Å². The van der Waals surface area contributed by atoms with Crippen LogP contribution < -0.4 is 16.3 Å². The topological polar surface area (TPSA) is 80.6 Å². The number of halogens is 1. The van der Waals surface area contributed by atoms with Gasteiger partial charge in [0.2, 0.25) is 0 Å². The van der Waals surface area contributed by atoms with Crippen LogP contribution in [0.15, 0.2) is 63.8 Å². The molecule has 2 heterocycles. The standard InChI is InChI=1S/C21H20N2O4.ClH/c24-20(23-13-17-12-22-8-9-26-17)16-6-3-5-14(10-16)18-11-15-4-1-2-7-19(15)27-21(18)25;/h1-7,10-11,17,22H,8-9,12-13H2,(H,23,24);1H. The second kappa shape index (κ2) is 9.01. The molecule has 0 saturated carbocycles. The van der Waals surface area contributed by atoms with Crippen molar-refractivity contribution in [2.24, 2.45) is 0 Å². The van der Waals surface area contributed by atoms with Crippen LogP contribution in [0.1, 0.15) is 10.4 Å². The summed E-state index contributed by atoms with van der Waals surface area (Å²) in [6.45, 7) is 2.64. The van der Waals surface area contributed by atoms with Crippen molar-refractivity contribution >= 4 is 29.3 Å². The van der Waals surface area contributed by atoms with E-state index in [0.29, 0.717) is 35.4 Å². The van der Waals surface area contributed by atoms with Gasteiger partial charge in [0.1, 0.15) is 5.58 Å². The molecule has 0 spiro atoms. The Morgan fingerprint density at radius 1 is 1.14 bits per heavy atom. The third-order valence-electron chi connectivity index (χ3n) is 4.57. The first-order valence-corrected chi connectivity index (χ1v) is 8.94. The smallest absolute Gasteiger partial charge is 0.344 e. The van der Waals surface area contributed by atoms with Crippen LogP contribution in [0.5, 0.6) is 0 Å². The lowest BCUT2D eigenvalue weighted by Gasteiger charge is -2.23. The average molecular weight is 401 g/mol. The highest BCUT2D eigenvalue weighted by atomic mass is 35.5. The van der Waals surface area contributed by atoms with Crippen LogP contribution in [-0.2, 0) is 4.74 Å². The van der Waals surface area contributed by atoms with Gasteiger partial charge in [0.25, 0.3) is 5.91 Å². The summed E-state index contributed by atoms with van der Waals surface area (Å²) in [6.07, 6.45) is -0.0292. The Labute approximate surface area is 168 Å². The van der Waals surface area contributed by atoms with Gasteiger partial charge in [-0.05, 0) is 29.8 Å². The van der Waals surface area contributed by atoms with Crippen molar-refractivity contribution in [2.75, 3.05) is 26.2 Å². The zero-order valence-corrected chi connectivity index (χ0v) is 16.0. The zero-order chi connectivity index (χ0) is 18.6. The quantitative estimate of drug-likeness (QED) is 0.658. The Hall–Kier alpha value is -2.67. The number of carbonyl (C=O) groups is 1. The molecule has 1 aliphatic heterocycles. The van der Waals surface area contributed by atoms with Gasteiger partial charge in [-0.2, -0.15) is 0 Å². The molecule has 7 heteroatoms. The fourth-order valence-electron chi connectivity index (χ4n) is 3.15. The first kappa shape index (κ1) is 20.1. The molecule has 0 aliphatic carbocycles. The maximum Gasteiger partial charge on any atom is 0.344 e. The molecule has 2 aromatic carbocycles. The maximum absolute atomic E-state index is 12.5. The van der Waals surface area contributed by atoms with E-state index in [1.807, 2.05) is 18.2 Å². The van der Waals surface area contributed by atoms with E-state index in [1.165, 1.54) is 0 Å². The number of amides is 1. The predicted octanol–water partition coefficient (Wildman–Crippen LogP) is 2.60. The van der Waals surface area contributed by atoms with Gasteiger partial charge >= 0.3 is 5.63 Å². The molecule has 0 bridgehead atoms. The summed E-state index contributed by atoms with van der Waals surface area (Å²) in [6, 6.07) is 16.1. The maximum atomic E-state index is 12.5. The minimum atomic E-state index is -0.423. The third kappa shape index (κ3) is 4.42. The second-order valence-electron chi connectivity index (χ2n) is 6.47. The summed E-state index contributed by atoms with van der Waals surface area (Å²) in [5.41, 5.74) is 1.69. The highest BCUT2D eigenvalue weighted by Crippen LogP contribution is 2.22. The molecule has 146 valence electrons. The Morgan fingerprint density at radius 2 is 2.00 bits per heavy atom. The summed E-state index contributed by atoms with van der Waals surface area (Å²) < 4.78 is 11.0. The lowest BCUT2D eigenvalue weighted by molar-refractivity contribution is 0.0287. The Balaban J connectivity index is 0.00000225. The number of hydrogen-bond acceptors (Lipinski definition) is 5. The van der Waals surface area contributed by atoms with Gasteiger partial charge in [0.15, 0.2) is 0 Å². The molecule has 6 nitrogen and oxygen atoms in total. The van der Waals surface area contributed by atoms with Crippen molar-refractivity contribution in [1.82, 2.24) is 10.6 Å². The van der Waals surface area contributed by atoms with E-state index in [0.717, 1.165) is 18.5 Å². The number of rotatable bonds is 4. The molecule has 1 aliphatic rings. The second-order valence-corrected chi connectivity index (χ2v) is 6.47. The highest BCUT2D eigenvalue weighted by Gasteiger charge is 2.16. The predicted molar refractivity (Wildman–Crippen MR) is 110 cm³/mol. The first-order valence-electron chi connectivity index (χ1n) is 8.94. The number of carbonyl (C=O) groups excluding carboxylic acids is 1. The molecule has 1 saturated heterocycles. The van der Waals surface area contributed by atoms with Crippen LogP contribution in [0.4, 0.5) is 0 Å². The lowest BCUT2D eigenvalue weighted by atomic mass is 10.0. The number of morpholine rings is 1. The molecule has 0 radical (unpaired) electrons. The summed E-state index contributed by atoms with van der Waals surface area (Å²) in [4.78, 5) is 24.8. The number of ether oxygens (including phenoxy) is 1. The van der Waals surface area contributed by atoms with Gasteiger partial charge < -0.3 is 19.8 Å². The molecule has 28 heavy (non-hydrogen) atoms. The molecule has 1 aromatic heterocycles. The van der Waals surface area contributed by atoms with Crippen molar-refractivity contribution in [3.8, 4) is 11.1 Å². The van der Waals surface area contributed by atoms with Crippen molar-refractivity contribution in [1.29, 1.82) is 0 Å². The number of fused-ring (bicyclic) bond motifs is 1. The van der Waals surface area contributed by atoms with Gasteiger partial charge in [-0.1, -0.05) is 30.3 Å². The average Bonchev–Trinajstić information content (AvgIpc) is 2.72. The zero-order valence-electron chi connectivity index (χ0n) is 15.1. The van der Waals surface area contributed by atoms with E-state index in [9.17, 15) is 9.59 Å². The minimum Gasteiger partial charge on any atom is -0.422 e. The van der Waals surface area contributed by atoms with Gasteiger partial charge in [0.05, 0.1) is 18.3 Å². The molecule has 4 rings (SSSR count). The van der Waals surface area contributed by atoms with E-state index in [2.05, 4.69) is 10.6 Å². The van der Waals surface area contributed by atoms with E-state index >= 15 is 0 Å². The molecule has 3 aromatic rings. The van der Waals surface area contributed by atoms with E-state index < -0.39 is 5.63 Å².